The molecule has 126 valence electrons. The van der Waals surface area contributed by atoms with Crippen molar-refractivity contribution in [1.29, 1.82) is 0 Å². The molecule has 1 unspecified atom stereocenters. The number of carbonyl (C=O) groups is 1. The van der Waals surface area contributed by atoms with Gasteiger partial charge in [-0.3, -0.25) is 0 Å². The maximum Gasteiger partial charge on any atom is 0.417 e. The average Bonchev–Trinajstić information content (AvgIpc) is 2.75. The highest BCUT2D eigenvalue weighted by atomic mass is 28.4. The number of carbonyl (C=O) groups excluding carboxylic acids is 1. The zero-order chi connectivity index (χ0) is 17.3. The van der Waals surface area contributed by atoms with Gasteiger partial charge in [-0.05, 0) is 31.0 Å². The smallest absolute Gasteiger partial charge is 0.417 e. The maximum absolute atomic E-state index is 12.3. The van der Waals surface area contributed by atoms with E-state index in [1.807, 2.05) is 6.92 Å². The summed E-state index contributed by atoms with van der Waals surface area (Å²) >= 11 is 0. The Kier molecular flexibility index (Phi) is 5.55. The Morgan fingerprint density at radius 1 is 1.45 bits per heavy atom. The number of amides is 1. The van der Waals surface area contributed by atoms with Crippen LogP contribution < -0.4 is 0 Å². The average molecular weight is 326 g/mol. The van der Waals surface area contributed by atoms with Gasteiger partial charge in [0.15, 0.2) is 5.88 Å². The number of allylic oxidation sites excluding steroid dienone is 2. The molecule has 0 N–H and O–H groups in total. The van der Waals surface area contributed by atoms with Crippen LogP contribution in [0.1, 0.15) is 41.5 Å². The number of nitrogens with zero attached hydrogens (tertiary/aromatic N) is 1. The molecule has 0 aliphatic carbocycles. The zero-order valence-corrected chi connectivity index (χ0v) is 16.3. The minimum Gasteiger partial charge on any atom is -0.531 e. The van der Waals surface area contributed by atoms with E-state index in [-0.39, 0.29) is 17.2 Å². The highest BCUT2D eigenvalue weighted by Crippen LogP contribution is 2.40. The standard InChI is InChI=1S/C17H31NO3Si/c1-10-13(4)15(21-22(8,9)17(5,6)7)18-14(12(2)3)11-20-16(18)19/h10,12,14H,1,11H2,2-9H3/b15-13-. The van der Waals surface area contributed by atoms with E-state index >= 15 is 0 Å². The van der Waals surface area contributed by atoms with Gasteiger partial charge in [-0.2, -0.15) is 0 Å². The molecule has 1 aliphatic heterocycles. The van der Waals surface area contributed by atoms with E-state index in [0.717, 1.165) is 5.57 Å². The van der Waals surface area contributed by atoms with Crippen molar-refractivity contribution in [3.05, 3.63) is 24.1 Å². The lowest BCUT2D eigenvalue weighted by molar-refractivity contribution is 0.146. The van der Waals surface area contributed by atoms with Crippen molar-refractivity contribution < 1.29 is 14.0 Å². The van der Waals surface area contributed by atoms with Crippen molar-refractivity contribution in [3.8, 4) is 0 Å². The first-order valence-electron chi connectivity index (χ1n) is 7.90. The van der Waals surface area contributed by atoms with Crippen molar-refractivity contribution >= 4 is 14.4 Å². The summed E-state index contributed by atoms with van der Waals surface area (Å²) in [7, 11) is -2.06. The SMILES string of the molecule is C=C/C(C)=C(\O[Si](C)(C)C(C)(C)C)N1C(=O)OCC1C(C)C. The summed E-state index contributed by atoms with van der Waals surface area (Å²) in [5.41, 5.74) is 0.870. The van der Waals surface area contributed by atoms with Gasteiger partial charge in [0.2, 0.25) is 0 Å². The molecule has 4 nitrogen and oxygen atoms in total. The van der Waals surface area contributed by atoms with Gasteiger partial charge >= 0.3 is 6.09 Å². The second-order valence-corrected chi connectivity index (χ2v) is 12.5. The topological polar surface area (TPSA) is 38.8 Å². The molecular weight excluding hydrogens is 294 g/mol. The summed E-state index contributed by atoms with van der Waals surface area (Å²) in [6, 6.07) is 0.00201. The Labute approximate surface area is 136 Å². The third-order valence-electron chi connectivity index (χ3n) is 4.70. The van der Waals surface area contributed by atoms with Crippen LogP contribution in [0.15, 0.2) is 24.1 Å². The van der Waals surface area contributed by atoms with Gasteiger partial charge in [-0.25, -0.2) is 9.69 Å². The summed E-state index contributed by atoms with van der Waals surface area (Å²) in [5.74, 6) is 0.907. The first-order chi connectivity index (χ1) is 9.92. The fourth-order valence-electron chi connectivity index (χ4n) is 1.96. The summed E-state index contributed by atoms with van der Waals surface area (Å²) in [4.78, 5) is 13.9. The molecule has 1 atom stereocenters. The lowest BCUT2D eigenvalue weighted by atomic mass is 10.0. The van der Waals surface area contributed by atoms with Crippen LogP contribution >= 0.6 is 0 Å². The van der Waals surface area contributed by atoms with E-state index < -0.39 is 8.32 Å². The van der Waals surface area contributed by atoms with E-state index in [0.29, 0.717) is 18.4 Å². The molecule has 1 heterocycles. The highest BCUT2D eigenvalue weighted by molar-refractivity contribution is 6.74. The van der Waals surface area contributed by atoms with Gasteiger partial charge in [-0.15, -0.1) is 0 Å². The van der Waals surface area contributed by atoms with E-state index in [1.54, 1.807) is 11.0 Å². The molecule has 1 rings (SSSR count). The summed E-state index contributed by atoms with van der Waals surface area (Å²) in [6.45, 7) is 21.3. The van der Waals surface area contributed by atoms with Crippen molar-refractivity contribution in [2.75, 3.05) is 6.61 Å². The van der Waals surface area contributed by atoms with Crippen molar-refractivity contribution in [3.63, 3.8) is 0 Å². The number of hydrogen-bond donors (Lipinski definition) is 0. The molecule has 5 heteroatoms. The van der Waals surface area contributed by atoms with Gasteiger partial charge in [-0.1, -0.05) is 47.3 Å². The first kappa shape index (κ1) is 18.8. The molecule has 1 saturated heterocycles. The van der Waals surface area contributed by atoms with Crippen LogP contribution in [0.3, 0.4) is 0 Å². The molecule has 1 aliphatic rings. The zero-order valence-electron chi connectivity index (χ0n) is 15.3. The Morgan fingerprint density at radius 3 is 2.41 bits per heavy atom. The number of rotatable bonds is 5. The normalized spacial score (nSPS) is 20.9. The van der Waals surface area contributed by atoms with Crippen LogP contribution in [-0.4, -0.2) is 32.0 Å². The van der Waals surface area contributed by atoms with Crippen LogP contribution in [0.25, 0.3) is 0 Å². The molecule has 0 aromatic rings. The minimum absolute atomic E-state index is 0.00201. The molecule has 0 spiro atoms. The fraction of sp³-hybridized carbons (Fsp3) is 0.706. The molecular formula is C17H31NO3Si. The highest BCUT2D eigenvalue weighted by Gasteiger charge is 2.44. The predicted molar refractivity (Wildman–Crippen MR) is 93.0 cm³/mol. The monoisotopic (exact) mass is 325 g/mol. The molecule has 0 saturated carbocycles. The largest absolute Gasteiger partial charge is 0.531 e. The van der Waals surface area contributed by atoms with Gasteiger partial charge < -0.3 is 9.16 Å². The van der Waals surface area contributed by atoms with E-state index in [4.69, 9.17) is 9.16 Å². The van der Waals surface area contributed by atoms with E-state index in [2.05, 4.69) is 54.3 Å². The third kappa shape index (κ3) is 3.75. The Bertz CT molecular complexity index is 475. The predicted octanol–water partition coefficient (Wildman–Crippen LogP) is 4.90. The summed E-state index contributed by atoms with van der Waals surface area (Å²) in [5, 5.41) is 0.0522. The van der Waals surface area contributed by atoms with Gasteiger partial charge in [0.1, 0.15) is 6.61 Å². The Morgan fingerprint density at radius 2 is 2.00 bits per heavy atom. The van der Waals surface area contributed by atoms with Gasteiger partial charge in [0.25, 0.3) is 8.32 Å². The molecule has 0 aromatic heterocycles. The molecule has 0 bridgehead atoms. The molecule has 0 radical (unpaired) electrons. The van der Waals surface area contributed by atoms with E-state index in [9.17, 15) is 4.79 Å². The number of hydrogen-bond acceptors (Lipinski definition) is 3. The molecule has 0 aromatic carbocycles. The third-order valence-corrected chi connectivity index (χ3v) is 9.01. The molecule has 22 heavy (non-hydrogen) atoms. The lowest BCUT2D eigenvalue weighted by Crippen LogP contribution is -2.46. The second-order valence-electron chi connectivity index (χ2n) is 7.81. The van der Waals surface area contributed by atoms with Gasteiger partial charge in [0.05, 0.1) is 6.04 Å². The van der Waals surface area contributed by atoms with Crippen molar-refractivity contribution in [2.24, 2.45) is 5.92 Å². The Balaban J connectivity index is 3.26. The fourth-order valence-corrected chi connectivity index (χ4v) is 3.01. The maximum atomic E-state index is 12.3. The first-order valence-corrected chi connectivity index (χ1v) is 10.8. The van der Waals surface area contributed by atoms with Crippen molar-refractivity contribution in [2.45, 2.75) is 65.7 Å². The number of cyclic esters (lactones) is 1. The second kappa shape index (κ2) is 6.48. The molecule has 1 amide bonds. The van der Waals surface area contributed by atoms with Gasteiger partial charge in [0, 0.05) is 5.57 Å². The van der Waals surface area contributed by atoms with Crippen LogP contribution in [0.4, 0.5) is 4.79 Å². The summed E-state index contributed by atoms with van der Waals surface area (Å²) in [6.07, 6.45) is 1.42. The Hall–Kier alpha value is -1.23. The van der Waals surface area contributed by atoms with Crippen LogP contribution in [0.2, 0.25) is 18.1 Å². The quantitative estimate of drug-likeness (QED) is 0.410. The van der Waals surface area contributed by atoms with Crippen LogP contribution in [0.5, 0.6) is 0 Å². The minimum atomic E-state index is -2.06. The molecule has 1 fully saturated rings. The van der Waals surface area contributed by atoms with Crippen molar-refractivity contribution in [1.82, 2.24) is 4.90 Å². The summed E-state index contributed by atoms with van der Waals surface area (Å²) < 4.78 is 11.7. The van der Waals surface area contributed by atoms with Crippen LogP contribution in [-0.2, 0) is 9.16 Å². The van der Waals surface area contributed by atoms with E-state index in [1.165, 1.54) is 0 Å². The lowest BCUT2D eigenvalue weighted by Gasteiger charge is -2.40. The number of ether oxygens (including phenoxy) is 1. The van der Waals surface area contributed by atoms with Crippen LogP contribution in [0, 0.1) is 5.92 Å².